The van der Waals surface area contributed by atoms with Crippen LogP contribution in [0.25, 0.3) is 31.7 Å². The van der Waals surface area contributed by atoms with Crippen LogP contribution in [0.1, 0.15) is 11.1 Å². The number of aliphatic imine (C=N–C) groups is 1. The van der Waals surface area contributed by atoms with Crippen LogP contribution in [0.5, 0.6) is 0 Å². The zero-order valence-corrected chi connectivity index (χ0v) is 14.8. The van der Waals surface area contributed by atoms with Crippen LogP contribution >= 0.6 is 22.9 Å². The molecule has 2 aromatic heterocycles. The van der Waals surface area contributed by atoms with Crippen LogP contribution in [0.4, 0.5) is 0 Å². The van der Waals surface area contributed by atoms with E-state index in [1.165, 1.54) is 31.7 Å². The second-order valence-corrected chi connectivity index (χ2v) is 7.55. The molecule has 3 heterocycles. The molecular weight excluding hydrogens is 348 g/mol. The van der Waals surface area contributed by atoms with Gasteiger partial charge in [0, 0.05) is 27.6 Å². The molecule has 0 atom stereocenters. The van der Waals surface area contributed by atoms with Crippen LogP contribution in [-0.2, 0) is 6.54 Å². The molecule has 2 nitrogen and oxygen atoms in total. The van der Waals surface area contributed by atoms with Crippen molar-refractivity contribution in [2.24, 2.45) is 4.99 Å². The number of pyridine rings is 1. The number of aromatic nitrogens is 1. The summed E-state index contributed by atoms with van der Waals surface area (Å²) in [6.07, 6.45) is 3.80. The first-order valence-electron chi connectivity index (χ1n) is 8.05. The number of hydrogen-bond donors (Lipinski definition) is 0. The van der Waals surface area contributed by atoms with E-state index in [0.717, 1.165) is 17.7 Å². The van der Waals surface area contributed by atoms with Crippen LogP contribution in [0.2, 0.25) is 5.15 Å². The van der Waals surface area contributed by atoms with Crippen LogP contribution in [0.15, 0.2) is 65.8 Å². The molecular formula is C21H13ClN2S. The van der Waals surface area contributed by atoms with Crippen molar-refractivity contribution in [3.63, 3.8) is 0 Å². The van der Waals surface area contributed by atoms with E-state index in [2.05, 4.69) is 52.4 Å². The lowest BCUT2D eigenvalue weighted by atomic mass is 9.95. The number of rotatable bonds is 2. The van der Waals surface area contributed by atoms with Gasteiger partial charge in [-0.05, 0) is 64.0 Å². The van der Waals surface area contributed by atoms with Gasteiger partial charge >= 0.3 is 0 Å². The normalized spacial score (nSPS) is 12.7. The molecule has 0 radical (unpaired) electrons. The fourth-order valence-electron chi connectivity index (χ4n) is 3.27. The Kier molecular flexibility index (Phi) is 3.44. The first-order chi connectivity index (χ1) is 12.3. The molecule has 0 N–H and O–H groups in total. The predicted molar refractivity (Wildman–Crippen MR) is 107 cm³/mol. The molecule has 0 unspecified atom stereocenters. The zero-order chi connectivity index (χ0) is 16.8. The monoisotopic (exact) mass is 360 g/mol. The Bertz CT molecular complexity index is 1090. The maximum Gasteiger partial charge on any atom is 0.129 e. The molecule has 0 spiro atoms. The minimum Gasteiger partial charge on any atom is -0.288 e. The molecule has 4 aromatic rings. The van der Waals surface area contributed by atoms with E-state index in [1.807, 2.05) is 35.9 Å². The average molecular weight is 361 g/mol. The summed E-state index contributed by atoms with van der Waals surface area (Å²) in [5.74, 6) is 0. The molecule has 1 aliphatic rings. The van der Waals surface area contributed by atoms with Crippen molar-refractivity contribution in [3.05, 3.63) is 77.1 Å². The standard InChI is InChI=1S/C21H13ClN2S/c22-21-6-5-14(11-24-21)15-7-16-10-23-12-18(16)17(8-15)20-9-13-3-1-2-4-19(13)25-20/h1-11H,12H2. The average Bonchev–Trinajstić information content (AvgIpc) is 3.28. The predicted octanol–water partition coefficient (Wildman–Crippen LogP) is 6.22. The third kappa shape index (κ3) is 2.56. The summed E-state index contributed by atoms with van der Waals surface area (Å²) < 4.78 is 1.31. The molecule has 0 amide bonds. The summed E-state index contributed by atoms with van der Waals surface area (Å²) >= 11 is 7.77. The van der Waals surface area contributed by atoms with Gasteiger partial charge in [0.2, 0.25) is 0 Å². The first-order valence-corrected chi connectivity index (χ1v) is 9.25. The maximum atomic E-state index is 5.93. The number of nitrogens with zero attached hydrogens (tertiary/aromatic N) is 2. The second kappa shape index (κ2) is 5.80. The SMILES string of the molecule is Clc1ccc(-c2cc3c(c(-c4cc5ccccc5s4)c2)CN=C3)cn1. The Morgan fingerprint density at radius 3 is 2.72 bits per heavy atom. The fourth-order valence-corrected chi connectivity index (χ4v) is 4.49. The van der Waals surface area contributed by atoms with Gasteiger partial charge in [0.15, 0.2) is 0 Å². The zero-order valence-electron chi connectivity index (χ0n) is 13.2. The third-order valence-corrected chi connectivity index (χ3v) is 5.89. The summed E-state index contributed by atoms with van der Waals surface area (Å²) in [7, 11) is 0. The second-order valence-electron chi connectivity index (χ2n) is 6.08. The Morgan fingerprint density at radius 2 is 1.88 bits per heavy atom. The van der Waals surface area contributed by atoms with E-state index in [1.54, 1.807) is 0 Å². The highest BCUT2D eigenvalue weighted by Gasteiger charge is 2.17. The summed E-state index contributed by atoms with van der Waals surface area (Å²) in [4.78, 5) is 9.99. The highest BCUT2D eigenvalue weighted by molar-refractivity contribution is 7.22. The van der Waals surface area contributed by atoms with Crippen LogP contribution in [0, 0.1) is 0 Å². The van der Waals surface area contributed by atoms with E-state index < -0.39 is 0 Å². The summed E-state index contributed by atoms with van der Waals surface area (Å²) in [6, 6.07) is 19.1. The Balaban J connectivity index is 1.72. The number of halogens is 1. The lowest BCUT2D eigenvalue weighted by Gasteiger charge is -2.10. The number of benzene rings is 2. The van der Waals surface area contributed by atoms with Crippen molar-refractivity contribution in [1.82, 2.24) is 4.98 Å². The summed E-state index contributed by atoms with van der Waals surface area (Å²) in [5, 5.41) is 1.80. The lowest BCUT2D eigenvalue weighted by Crippen LogP contribution is -1.91. The van der Waals surface area contributed by atoms with Gasteiger partial charge in [-0.3, -0.25) is 4.99 Å². The molecule has 0 saturated carbocycles. The maximum absolute atomic E-state index is 5.93. The summed E-state index contributed by atoms with van der Waals surface area (Å²) in [6.45, 7) is 0.748. The molecule has 0 fully saturated rings. The van der Waals surface area contributed by atoms with Crippen LogP contribution in [-0.4, -0.2) is 11.2 Å². The van der Waals surface area contributed by atoms with E-state index in [4.69, 9.17) is 11.6 Å². The highest BCUT2D eigenvalue weighted by atomic mass is 35.5. The number of hydrogen-bond acceptors (Lipinski definition) is 3. The van der Waals surface area contributed by atoms with Gasteiger partial charge in [0.1, 0.15) is 5.15 Å². The van der Waals surface area contributed by atoms with Crippen molar-refractivity contribution < 1.29 is 0 Å². The van der Waals surface area contributed by atoms with Crippen LogP contribution in [0.3, 0.4) is 0 Å². The fraction of sp³-hybridized carbons (Fsp3) is 0.0476. The van der Waals surface area contributed by atoms with Crippen molar-refractivity contribution in [2.45, 2.75) is 6.54 Å². The molecule has 25 heavy (non-hydrogen) atoms. The highest BCUT2D eigenvalue weighted by Crippen LogP contribution is 2.39. The smallest absolute Gasteiger partial charge is 0.129 e. The van der Waals surface area contributed by atoms with E-state index in [9.17, 15) is 0 Å². The molecule has 0 saturated heterocycles. The number of thiophene rings is 1. The Labute approximate surface area is 154 Å². The van der Waals surface area contributed by atoms with E-state index >= 15 is 0 Å². The molecule has 5 rings (SSSR count). The lowest BCUT2D eigenvalue weighted by molar-refractivity contribution is 1.11. The van der Waals surface area contributed by atoms with Gasteiger partial charge in [-0.2, -0.15) is 0 Å². The largest absolute Gasteiger partial charge is 0.288 e. The minimum atomic E-state index is 0.510. The molecule has 4 heteroatoms. The van der Waals surface area contributed by atoms with Gasteiger partial charge in [0.05, 0.1) is 6.54 Å². The molecule has 2 aromatic carbocycles. The molecule has 0 aliphatic carbocycles. The van der Waals surface area contributed by atoms with Gasteiger partial charge in [-0.25, -0.2) is 4.98 Å². The topological polar surface area (TPSA) is 25.2 Å². The van der Waals surface area contributed by atoms with E-state index in [0.29, 0.717) is 5.15 Å². The minimum absolute atomic E-state index is 0.510. The molecule has 1 aliphatic heterocycles. The summed E-state index contributed by atoms with van der Waals surface area (Å²) in [5.41, 5.74) is 5.97. The van der Waals surface area contributed by atoms with Crippen molar-refractivity contribution in [1.29, 1.82) is 0 Å². The van der Waals surface area contributed by atoms with Crippen molar-refractivity contribution in [3.8, 4) is 21.6 Å². The van der Waals surface area contributed by atoms with Crippen molar-refractivity contribution >= 4 is 39.2 Å². The first kappa shape index (κ1) is 14.8. The molecule has 0 bridgehead atoms. The Morgan fingerprint density at radius 1 is 0.960 bits per heavy atom. The third-order valence-electron chi connectivity index (χ3n) is 4.52. The van der Waals surface area contributed by atoms with Crippen LogP contribution < -0.4 is 0 Å². The van der Waals surface area contributed by atoms with Gasteiger partial charge in [0.25, 0.3) is 0 Å². The van der Waals surface area contributed by atoms with E-state index in [-0.39, 0.29) is 0 Å². The quantitative estimate of drug-likeness (QED) is 0.390. The van der Waals surface area contributed by atoms with Crippen molar-refractivity contribution in [2.75, 3.05) is 0 Å². The number of fused-ring (bicyclic) bond motifs is 2. The Hall–Kier alpha value is -2.49. The van der Waals surface area contributed by atoms with Gasteiger partial charge < -0.3 is 0 Å². The van der Waals surface area contributed by atoms with Gasteiger partial charge in [-0.1, -0.05) is 29.8 Å². The van der Waals surface area contributed by atoms with Gasteiger partial charge in [-0.15, -0.1) is 11.3 Å². The molecule has 120 valence electrons.